The molecule has 6 nitrogen and oxygen atoms in total. The van der Waals surface area contributed by atoms with Crippen LogP contribution in [0.15, 0.2) is 12.4 Å². The van der Waals surface area contributed by atoms with Crippen LogP contribution in [0.1, 0.15) is 24.8 Å². The predicted molar refractivity (Wildman–Crippen MR) is 104 cm³/mol. The number of anilines is 2. The number of hydrogen-bond donors (Lipinski definition) is 1. The molecule has 25 heavy (non-hydrogen) atoms. The molecule has 1 aliphatic rings. The van der Waals surface area contributed by atoms with Gasteiger partial charge in [-0.3, -0.25) is 0 Å². The Bertz CT molecular complexity index is 888. The second-order valence-corrected chi connectivity index (χ2v) is 7.45. The summed E-state index contributed by atoms with van der Waals surface area (Å²) in [5.41, 5.74) is 2.24. The van der Waals surface area contributed by atoms with Gasteiger partial charge in [-0.25, -0.2) is 15.0 Å². The molecule has 1 saturated heterocycles. The average molecular weight is 357 g/mol. The molecule has 0 saturated carbocycles. The first-order chi connectivity index (χ1) is 12.3. The summed E-state index contributed by atoms with van der Waals surface area (Å²) in [6.45, 7) is 5.95. The summed E-state index contributed by atoms with van der Waals surface area (Å²) in [6.07, 6.45) is 5.10. The molecule has 4 heterocycles. The van der Waals surface area contributed by atoms with E-state index in [0.29, 0.717) is 0 Å². The van der Waals surface area contributed by atoms with E-state index < -0.39 is 0 Å². The number of hydrogen-bond acceptors (Lipinski definition) is 7. The van der Waals surface area contributed by atoms with Gasteiger partial charge in [-0.05, 0) is 37.8 Å². The third-order valence-electron chi connectivity index (χ3n) is 4.66. The van der Waals surface area contributed by atoms with Crippen LogP contribution in [0.4, 0.5) is 11.6 Å². The number of fused-ring (bicyclic) bond motifs is 3. The lowest BCUT2D eigenvalue weighted by molar-refractivity contribution is 0.198. The summed E-state index contributed by atoms with van der Waals surface area (Å²) in [6, 6.07) is 2.20. The van der Waals surface area contributed by atoms with Crippen LogP contribution in [-0.4, -0.2) is 48.3 Å². The van der Waals surface area contributed by atoms with Crippen molar-refractivity contribution in [3.8, 4) is 0 Å². The number of nitrogens with zero attached hydrogens (tertiary/aromatic N) is 4. The Kier molecular flexibility index (Phi) is 4.67. The molecule has 0 unspecified atom stereocenters. The van der Waals surface area contributed by atoms with Crippen LogP contribution >= 0.6 is 11.3 Å². The van der Waals surface area contributed by atoms with E-state index in [2.05, 4.69) is 33.2 Å². The Morgan fingerprint density at radius 2 is 2.12 bits per heavy atom. The maximum atomic E-state index is 5.11. The summed E-state index contributed by atoms with van der Waals surface area (Å²) < 4.78 is 6.20. The molecule has 4 rings (SSSR count). The van der Waals surface area contributed by atoms with Crippen molar-refractivity contribution in [1.82, 2.24) is 15.0 Å². The zero-order valence-corrected chi connectivity index (χ0v) is 15.5. The molecule has 3 aromatic heterocycles. The molecule has 7 heteroatoms. The summed E-state index contributed by atoms with van der Waals surface area (Å²) in [5.74, 6) is 1.99. The molecular weight excluding hydrogens is 334 g/mol. The summed E-state index contributed by atoms with van der Waals surface area (Å²) in [5, 5.41) is 4.57. The lowest BCUT2D eigenvalue weighted by atomic mass is 10.2. The van der Waals surface area contributed by atoms with Crippen molar-refractivity contribution in [3.05, 3.63) is 18.0 Å². The van der Waals surface area contributed by atoms with E-state index in [1.807, 2.05) is 0 Å². The fourth-order valence-corrected chi connectivity index (χ4v) is 4.56. The molecule has 0 aromatic carbocycles. The highest BCUT2D eigenvalue weighted by atomic mass is 32.1. The van der Waals surface area contributed by atoms with Crippen molar-refractivity contribution in [2.24, 2.45) is 0 Å². The summed E-state index contributed by atoms with van der Waals surface area (Å²) in [4.78, 5) is 17.4. The van der Waals surface area contributed by atoms with Gasteiger partial charge < -0.3 is 15.0 Å². The van der Waals surface area contributed by atoms with E-state index in [9.17, 15) is 0 Å². The summed E-state index contributed by atoms with van der Waals surface area (Å²) >= 11 is 1.68. The molecule has 0 bridgehead atoms. The van der Waals surface area contributed by atoms with Crippen molar-refractivity contribution in [3.63, 3.8) is 0 Å². The highest BCUT2D eigenvalue weighted by molar-refractivity contribution is 7.26. The first-order valence-corrected chi connectivity index (χ1v) is 9.62. The number of nitrogens with one attached hydrogen (secondary N) is 1. The fourth-order valence-electron chi connectivity index (χ4n) is 3.39. The minimum atomic E-state index is 0.744. The van der Waals surface area contributed by atoms with Crippen LogP contribution in [0, 0.1) is 6.92 Å². The highest BCUT2D eigenvalue weighted by Crippen LogP contribution is 2.38. The number of aromatic nitrogens is 3. The van der Waals surface area contributed by atoms with E-state index >= 15 is 0 Å². The zero-order chi connectivity index (χ0) is 17.2. The van der Waals surface area contributed by atoms with Gasteiger partial charge in [0.15, 0.2) is 0 Å². The lowest BCUT2D eigenvalue weighted by Gasteiger charge is -2.16. The van der Waals surface area contributed by atoms with Crippen molar-refractivity contribution in [2.75, 3.05) is 43.6 Å². The Morgan fingerprint density at radius 3 is 2.92 bits per heavy atom. The smallest absolute Gasteiger partial charge is 0.147 e. The van der Waals surface area contributed by atoms with Gasteiger partial charge in [0, 0.05) is 38.7 Å². The van der Waals surface area contributed by atoms with Crippen molar-refractivity contribution in [1.29, 1.82) is 0 Å². The Balaban J connectivity index is 1.74. The predicted octanol–water partition coefficient (Wildman–Crippen LogP) is 3.60. The fraction of sp³-hybridized carbons (Fsp3) is 0.500. The molecule has 1 fully saturated rings. The van der Waals surface area contributed by atoms with E-state index in [4.69, 9.17) is 9.72 Å². The highest BCUT2D eigenvalue weighted by Gasteiger charge is 2.19. The summed E-state index contributed by atoms with van der Waals surface area (Å²) in [7, 11) is 1.72. The molecule has 1 N–H and O–H groups in total. The van der Waals surface area contributed by atoms with Gasteiger partial charge in [-0.15, -0.1) is 11.3 Å². The van der Waals surface area contributed by atoms with Gasteiger partial charge in [0.1, 0.15) is 22.8 Å². The van der Waals surface area contributed by atoms with Crippen LogP contribution in [0.3, 0.4) is 0 Å². The number of methoxy groups -OCH3 is 1. The van der Waals surface area contributed by atoms with Crippen LogP contribution in [0.5, 0.6) is 0 Å². The zero-order valence-electron chi connectivity index (χ0n) is 14.7. The number of rotatable bonds is 6. The largest absolute Gasteiger partial charge is 0.385 e. The molecule has 3 aromatic rings. The quantitative estimate of drug-likeness (QED) is 0.680. The Hall–Kier alpha value is -1.99. The van der Waals surface area contributed by atoms with Crippen molar-refractivity contribution >= 4 is 43.4 Å². The molecule has 0 spiro atoms. The Labute approximate surface area is 151 Å². The first-order valence-electron chi connectivity index (χ1n) is 8.80. The second-order valence-electron chi connectivity index (χ2n) is 6.45. The van der Waals surface area contributed by atoms with Gasteiger partial charge >= 0.3 is 0 Å². The van der Waals surface area contributed by atoms with Gasteiger partial charge in [0.05, 0.1) is 10.2 Å². The van der Waals surface area contributed by atoms with Crippen LogP contribution in [-0.2, 0) is 4.74 Å². The number of pyridine rings is 1. The average Bonchev–Trinajstić information content (AvgIpc) is 3.26. The lowest BCUT2D eigenvalue weighted by Crippen LogP contribution is -2.18. The second kappa shape index (κ2) is 7.09. The van der Waals surface area contributed by atoms with E-state index in [1.165, 1.54) is 18.4 Å². The maximum absolute atomic E-state index is 5.11. The van der Waals surface area contributed by atoms with Crippen molar-refractivity contribution < 1.29 is 4.74 Å². The molecule has 0 atom stereocenters. The van der Waals surface area contributed by atoms with Gasteiger partial charge in [-0.2, -0.15) is 0 Å². The molecule has 0 radical (unpaired) electrons. The SMILES string of the molecule is COCCCNc1ncnc2c1sc1nc(N3CCCC3)cc(C)c12. The van der Waals surface area contributed by atoms with Crippen LogP contribution in [0.2, 0.25) is 0 Å². The van der Waals surface area contributed by atoms with Gasteiger partial charge in [-0.1, -0.05) is 0 Å². The maximum Gasteiger partial charge on any atom is 0.147 e. The molecule has 1 aliphatic heterocycles. The minimum Gasteiger partial charge on any atom is -0.385 e. The number of thiophene rings is 1. The van der Waals surface area contributed by atoms with E-state index in [0.717, 1.165) is 64.7 Å². The molecular formula is C18H23N5OS. The van der Waals surface area contributed by atoms with Crippen LogP contribution < -0.4 is 10.2 Å². The first kappa shape index (κ1) is 16.5. The van der Waals surface area contributed by atoms with Crippen LogP contribution in [0.25, 0.3) is 20.4 Å². The third-order valence-corrected chi connectivity index (χ3v) is 5.74. The van der Waals surface area contributed by atoms with Gasteiger partial charge in [0.2, 0.25) is 0 Å². The standard InChI is InChI=1S/C18H23N5OS/c1-12-10-13(23-7-3-4-8-23)22-18-14(12)15-16(25-18)17(21-11-20-15)19-6-5-9-24-2/h10-11H,3-9H2,1-2H3,(H,19,20,21). The monoisotopic (exact) mass is 357 g/mol. The molecule has 0 aliphatic carbocycles. The van der Waals surface area contributed by atoms with E-state index in [-0.39, 0.29) is 0 Å². The minimum absolute atomic E-state index is 0.744. The third kappa shape index (κ3) is 3.14. The van der Waals surface area contributed by atoms with E-state index in [1.54, 1.807) is 24.8 Å². The molecule has 0 amide bonds. The number of aryl methyl sites for hydroxylation is 1. The number of ether oxygens (including phenoxy) is 1. The normalized spacial score (nSPS) is 14.7. The topological polar surface area (TPSA) is 63.2 Å². The Morgan fingerprint density at radius 1 is 1.28 bits per heavy atom. The van der Waals surface area contributed by atoms with Gasteiger partial charge in [0.25, 0.3) is 0 Å². The molecule has 132 valence electrons. The van der Waals surface area contributed by atoms with Crippen molar-refractivity contribution in [2.45, 2.75) is 26.2 Å².